The van der Waals surface area contributed by atoms with Crippen molar-refractivity contribution < 1.29 is 0 Å². The smallest absolute Gasteiger partial charge is 0.0440 e. The van der Waals surface area contributed by atoms with Crippen molar-refractivity contribution in [1.29, 1.82) is 0 Å². The monoisotopic (exact) mass is 334 g/mol. The van der Waals surface area contributed by atoms with E-state index in [1.807, 2.05) is 11.3 Å². The molecule has 6 aromatic rings. The first-order valence-electron chi connectivity index (χ1n) is 8.55. The minimum atomic E-state index is 1.31. The van der Waals surface area contributed by atoms with Crippen LogP contribution >= 0.6 is 11.3 Å². The van der Waals surface area contributed by atoms with Gasteiger partial charge in [-0.15, -0.1) is 11.3 Å². The third-order valence-electron chi connectivity index (χ3n) is 5.24. The molecular formula is C24H14S. The predicted molar refractivity (Wildman–Crippen MR) is 112 cm³/mol. The molecule has 0 saturated carbocycles. The van der Waals surface area contributed by atoms with Crippen molar-refractivity contribution in [2.75, 3.05) is 0 Å². The largest absolute Gasteiger partial charge is 0.134 e. The Balaban J connectivity index is 2.05. The molecule has 1 heterocycles. The van der Waals surface area contributed by atoms with Gasteiger partial charge in [0.25, 0.3) is 0 Å². The van der Waals surface area contributed by atoms with Gasteiger partial charge in [0.15, 0.2) is 0 Å². The van der Waals surface area contributed by atoms with Crippen LogP contribution in [0, 0.1) is 0 Å². The van der Waals surface area contributed by atoms with Crippen molar-refractivity contribution in [2.24, 2.45) is 0 Å². The molecule has 0 N–H and O–H groups in total. The fourth-order valence-corrected chi connectivity index (χ4v) is 5.44. The van der Waals surface area contributed by atoms with E-state index in [0.717, 1.165) is 0 Å². The Morgan fingerprint density at radius 3 is 1.84 bits per heavy atom. The molecule has 1 heteroatoms. The normalized spacial score (nSPS) is 12.0. The average molecular weight is 334 g/mol. The van der Waals surface area contributed by atoms with Gasteiger partial charge in [0.1, 0.15) is 0 Å². The van der Waals surface area contributed by atoms with Crippen LogP contribution in [0.1, 0.15) is 0 Å². The van der Waals surface area contributed by atoms with E-state index < -0.39 is 0 Å². The second-order valence-corrected chi connectivity index (χ2v) is 7.61. The summed E-state index contributed by atoms with van der Waals surface area (Å²) < 4.78 is 2.77. The zero-order chi connectivity index (χ0) is 16.4. The predicted octanol–water partition coefficient (Wildman–Crippen LogP) is 7.51. The van der Waals surface area contributed by atoms with Gasteiger partial charge in [-0.3, -0.25) is 0 Å². The van der Waals surface area contributed by atoms with Crippen molar-refractivity contribution >= 4 is 63.8 Å². The van der Waals surface area contributed by atoms with Crippen LogP contribution in [-0.2, 0) is 0 Å². The van der Waals surface area contributed by atoms with Crippen LogP contribution in [0.4, 0.5) is 0 Å². The maximum absolute atomic E-state index is 2.28. The molecule has 0 saturated heterocycles. The van der Waals surface area contributed by atoms with E-state index in [4.69, 9.17) is 0 Å². The summed E-state index contributed by atoms with van der Waals surface area (Å²) in [6.07, 6.45) is 0. The summed E-state index contributed by atoms with van der Waals surface area (Å²) in [5, 5.41) is 10.9. The summed E-state index contributed by atoms with van der Waals surface area (Å²) in [7, 11) is 0. The highest BCUT2D eigenvalue weighted by atomic mass is 32.1. The minimum absolute atomic E-state index is 1.31. The second kappa shape index (κ2) is 4.81. The lowest BCUT2D eigenvalue weighted by Crippen LogP contribution is -1.80. The maximum atomic E-state index is 2.28. The van der Waals surface area contributed by atoms with Crippen LogP contribution in [0.3, 0.4) is 0 Å². The van der Waals surface area contributed by atoms with Crippen molar-refractivity contribution in [3.63, 3.8) is 0 Å². The maximum Gasteiger partial charge on any atom is 0.0440 e. The van der Waals surface area contributed by atoms with Crippen molar-refractivity contribution in [3.05, 3.63) is 84.9 Å². The summed E-state index contributed by atoms with van der Waals surface area (Å²) >= 11 is 1.92. The number of hydrogen-bond acceptors (Lipinski definition) is 1. The molecule has 0 fully saturated rings. The van der Waals surface area contributed by atoms with Gasteiger partial charge < -0.3 is 0 Å². The molecule has 0 nitrogen and oxygen atoms in total. The van der Waals surface area contributed by atoms with E-state index in [2.05, 4.69) is 84.9 Å². The number of thiophene rings is 1. The van der Waals surface area contributed by atoms with Crippen LogP contribution in [0.25, 0.3) is 52.5 Å². The third-order valence-corrected chi connectivity index (χ3v) is 6.43. The molecule has 0 bridgehead atoms. The van der Waals surface area contributed by atoms with Crippen molar-refractivity contribution in [1.82, 2.24) is 0 Å². The van der Waals surface area contributed by atoms with Crippen LogP contribution in [0.5, 0.6) is 0 Å². The van der Waals surface area contributed by atoms with Gasteiger partial charge >= 0.3 is 0 Å². The molecule has 0 atom stereocenters. The Hall–Kier alpha value is -2.90. The summed E-state index contributed by atoms with van der Waals surface area (Å²) in [5.41, 5.74) is 0. The molecule has 25 heavy (non-hydrogen) atoms. The van der Waals surface area contributed by atoms with Crippen molar-refractivity contribution in [2.45, 2.75) is 0 Å². The minimum Gasteiger partial charge on any atom is -0.134 e. The van der Waals surface area contributed by atoms with E-state index in [1.165, 1.54) is 52.5 Å². The first kappa shape index (κ1) is 13.4. The molecule has 0 aliphatic carbocycles. The third kappa shape index (κ3) is 1.71. The second-order valence-electron chi connectivity index (χ2n) is 6.56. The van der Waals surface area contributed by atoms with Crippen LogP contribution < -0.4 is 0 Å². The summed E-state index contributed by atoms with van der Waals surface area (Å²) in [4.78, 5) is 0. The Morgan fingerprint density at radius 2 is 1.04 bits per heavy atom. The molecule has 0 unspecified atom stereocenters. The highest BCUT2D eigenvalue weighted by Crippen LogP contribution is 2.45. The SMILES string of the molecule is c1ccc2c(c1)ccc1sc3c4ccccc4c4ccccc4c3c12. The molecule has 0 radical (unpaired) electrons. The standard InChI is InChI=1S/C24H14S/c1-2-8-16-15(7-1)13-14-21-22(16)23-19-11-5-3-9-17(19)18-10-4-6-12-20(18)24(23)25-21/h1-14H. The Morgan fingerprint density at radius 1 is 0.440 bits per heavy atom. The molecular weight excluding hydrogens is 320 g/mol. The molecule has 0 aliphatic rings. The quantitative estimate of drug-likeness (QED) is 0.252. The zero-order valence-electron chi connectivity index (χ0n) is 13.5. The topological polar surface area (TPSA) is 0 Å². The fourth-order valence-electron chi connectivity index (χ4n) is 4.17. The fraction of sp³-hybridized carbons (Fsp3) is 0. The lowest BCUT2D eigenvalue weighted by molar-refractivity contribution is 1.80. The number of hydrogen-bond donors (Lipinski definition) is 0. The lowest BCUT2D eigenvalue weighted by Gasteiger charge is -2.08. The van der Waals surface area contributed by atoms with E-state index in [0.29, 0.717) is 0 Å². The highest BCUT2D eigenvalue weighted by molar-refractivity contribution is 7.27. The molecule has 1 aromatic heterocycles. The Kier molecular flexibility index (Phi) is 2.58. The summed E-state index contributed by atoms with van der Waals surface area (Å²) in [5.74, 6) is 0. The van der Waals surface area contributed by atoms with E-state index >= 15 is 0 Å². The molecule has 0 aliphatic heterocycles. The molecule has 0 spiro atoms. The first-order valence-corrected chi connectivity index (χ1v) is 9.37. The van der Waals surface area contributed by atoms with Crippen LogP contribution in [0.15, 0.2) is 84.9 Å². The van der Waals surface area contributed by atoms with Crippen LogP contribution in [-0.4, -0.2) is 0 Å². The van der Waals surface area contributed by atoms with Crippen molar-refractivity contribution in [3.8, 4) is 0 Å². The summed E-state index contributed by atoms with van der Waals surface area (Å²) in [6.45, 7) is 0. The summed E-state index contributed by atoms with van der Waals surface area (Å²) in [6, 6.07) is 30.9. The van der Waals surface area contributed by atoms with Gasteiger partial charge in [0.05, 0.1) is 0 Å². The number of benzene rings is 5. The average Bonchev–Trinajstić information content (AvgIpc) is 3.09. The number of rotatable bonds is 0. The van der Waals surface area contributed by atoms with Gasteiger partial charge in [-0.05, 0) is 33.0 Å². The van der Waals surface area contributed by atoms with E-state index in [9.17, 15) is 0 Å². The Bertz CT molecular complexity index is 1440. The van der Waals surface area contributed by atoms with E-state index in [1.54, 1.807) is 0 Å². The molecule has 6 rings (SSSR count). The van der Waals surface area contributed by atoms with Crippen LogP contribution in [0.2, 0.25) is 0 Å². The first-order chi connectivity index (χ1) is 12.4. The van der Waals surface area contributed by atoms with Gasteiger partial charge in [-0.25, -0.2) is 0 Å². The van der Waals surface area contributed by atoms with Gasteiger partial charge in [-0.2, -0.15) is 0 Å². The highest BCUT2D eigenvalue weighted by Gasteiger charge is 2.15. The molecule has 5 aromatic carbocycles. The molecule has 116 valence electrons. The number of fused-ring (bicyclic) bond motifs is 10. The Labute approximate surface area is 148 Å². The zero-order valence-corrected chi connectivity index (χ0v) is 14.3. The molecule has 0 amide bonds. The van der Waals surface area contributed by atoms with Gasteiger partial charge in [0, 0.05) is 25.6 Å². The lowest BCUT2D eigenvalue weighted by atomic mass is 9.95. The van der Waals surface area contributed by atoms with E-state index in [-0.39, 0.29) is 0 Å². The van der Waals surface area contributed by atoms with Gasteiger partial charge in [-0.1, -0.05) is 78.9 Å². The van der Waals surface area contributed by atoms with Gasteiger partial charge in [0.2, 0.25) is 0 Å².